The molecule has 4 aliphatic rings. The first-order chi connectivity index (χ1) is 23.6. The molecule has 2 saturated heterocycles. The van der Waals surface area contributed by atoms with Gasteiger partial charge in [-0.05, 0) is 65.8 Å². The Balaban J connectivity index is 2.03. The predicted molar refractivity (Wildman–Crippen MR) is 290 cm³/mol. The quantitative estimate of drug-likeness (QED) is 0.0918. The monoisotopic (exact) mass is 1130 g/mol. The summed E-state index contributed by atoms with van der Waals surface area (Å²) in [5.41, 5.74) is -0.148. The van der Waals surface area contributed by atoms with Crippen LogP contribution in [0.4, 0.5) is 4.79 Å². The molecule has 0 aromatic rings. The molecule has 0 aromatic carbocycles. The number of hydrogen-bond acceptors (Lipinski definition) is 7. The number of carbonyl (C=O) groups is 2. The molecule has 0 radical (unpaired) electrons. The van der Waals surface area contributed by atoms with Crippen LogP contribution < -0.4 is 0 Å². The van der Waals surface area contributed by atoms with Gasteiger partial charge in [-0.3, -0.25) is 4.79 Å². The van der Waals surface area contributed by atoms with Gasteiger partial charge in [-0.25, -0.2) is 4.79 Å². The van der Waals surface area contributed by atoms with E-state index in [4.69, 9.17) is 23.3 Å². The zero-order valence-electron chi connectivity index (χ0n) is 29.0. The number of rotatable bonds is 15. The number of carbonyl (C=O) groups excluding carboxylic acids is 2. The second-order valence-corrected chi connectivity index (χ2v) is 96.5. The SMILES string of the molecule is CCC[C@@H]1OC(=O)C2[C@@H]3OC(=O)O[C@]34C[C@H](OP(P(P)P(P)P)P(P(P)P)P(P)P)C(C)=C([C@H](OP(P(P)P)P(PP)P(P)P)C[C@@]21C)C4(C)C. The van der Waals surface area contributed by atoms with Gasteiger partial charge in [-0.15, -0.1) is 98.2 Å². The standard InChI is InChI=1S/C21H53O7P23/c1-6-7-13-20(5)8-12(28-42(44(30)31)50(41-29)46(34)35)14-10(2)11(27-43(49(40)45(32)33)51(47(36)37)48(38)39)9-21(19(14,3)4)16(25-18(23)26-21)15(20)17(22)24-13/h11-13,15-16,41H,6-9,29-40H2,1-5H3/t11-,12+,13-,15?,16-,20+,21+,42?,43?,49?,50?/m0/s1. The summed E-state index contributed by atoms with van der Waals surface area (Å²) in [5.74, 6) is -0.974. The summed E-state index contributed by atoms with van der Waals surface area (Å²) in [6.45, 7) is 7.36. The van der Waals surface area contributed by atoms with Gasteiger partial charge < -0.3 is 23.3 Å². The summed E-state index contributed by atoms with van der Waals surface area (Å²) in [6, 6.07) is 0. The molecular formula is C21H53O7P23. The topological polar surface area (TPSA) is 80.3 Å². The van der Waals surface area contributed by atoms with Crippen molar-refractivity contribution in [3.63, 3.8) is 0 Å². The van der Waals surface area contributed by atoms with Crippen molar-refractivity contribution >= 4 is 198 Å². The fourth-order valence-electron chi connectivity index (χ4n) is 7.73. The van der Waals surface area contributed by atoms with Crippen LogP contribution in [0.1, 0.15) is 60.3 Å². The van der Waals surface area contributed by atoms with Crippen LogP contribution in [0.2, 0.25) is 0 Å². The highest BCUT2D eigenvalue weighted by Gasteiger charge is 2.74. The van der Waals surface area contributed by atoms with Crippen molar-refractivity contribution in [2.45, 2.75) is 90.3 Å². The first-order valence-corrected chi connectivity index (χ1v) is 55.8. The number of fused-ring (bicyclic) bond motifs is 3. The fraction of sp³-hybridized carbons (Fsp3) is 0.810. The molecule has 3 fully saturated rings. The molecule has 30 heteroatoms. The lowest BCUT2D eigenvalue weighted by molar-refractivity contribution is -0.156. The van der Waals surface area contributed by atoms with Crippen molar-refractivity contribution < 1.29 is 32.8 Å². The average Bonchev–Trinajstić information content (AvgIpc) is 3.45. The van der Waals surface area contributed by atoms with Gasteiger partial charge in [0.2, 0.25) is 0 Å². The van der Waals surface area contributed by atoms with Crippen LogP contribution in [0.5, 0.6) is 0 Å². The molecule has 0 N–H and O–H groups in total. The Labute approximate surface area is 346 Å². The van der Waals surface area contributed by atoms with E-state index >= 15 is 0 Å². The van der Waals surface area contributed by atoms with Crippen molar-refractivity contribution in [2.24, 2.45) is 16.7 Å². The zero-order chi connectivity index (χ0) is 38.5. The molecule has 2 aliphatic carbocycles. The normalized spacial score (nSPS) is 34.6. The smallest absolute Gasteiger partial charge is 0.461 e. The highest BCUT2D eigenvalue weighted by molar-refractivity contribution is 9.19. The molecule has 18 unspecified atom stereocenters. The minimum Gasteiger partial charge on any atom is -0.461 e. The molecule has 0 aromatic heterocycles. The third-order valence-electron chi connectivity index (χ3n) is 9.95. The third-order valence-corrected chi connectivity index (χ3v) is 128. The van der Waals surface area contributed by atoms with Gasteiger partial charge in [0.1, 0.15) is 12.0 Å². The summed E-state index contributed by atoms with van der Waals surface area (Å²) >= 11 is 0. The Morgan fingerprint density at radius 2 is 1.39 bits per heavy atom. The molecule has 4 rings (SSSR count). The van der Waals surface area contributed by atoms with Gasteiger partial charge in [0.25, 0.3) is 0 Å². The largest absolute Gasteiger partial charge is 0.509 e. The molecule has 2 aliphatic heterocycles. The van der Waals surface area contributed by atoms with Crippen molar-refractivity contribution in [2.75, 3.05) is 0 Å². The van der Waals surface area contributed by atoms with Crippen molar-refractivity contribution in [3.05, 3.63) is 11.1 Å². The fourth-order valence-corrected chi connectivity index (χ4v) is 170. The third kappa shape index (κ3) is 11.0. The molecule has 51 heavy (non-hydrogen) atoms. The lowest BCUT2D eigenvalue weighted by Gasteiger charge is -2.57. The molecule has 1 spiro atoms. The van der Waals surface area contributed by atoms with E-state index in [9.17, 15) is 9.59 Å². The summed E-state index contributed by atoms with van der Waals surface area (Å²) in [7, 11) is 36.1. The van der Waals surface area contributed by atoms with E-state index in [1.807, 2.05) is 0 Å². The number of ether oxygens (including phenoxy) is 3. The van der Waals surface area contributed by atoms with Crippen molar-refractivity contribution in [1.82, 2.24) is 0 Å². The minimum absolute atomic E-state index is 0.293. The summed E-state index contributed by atoms with van der Waals surface area (Å²) < 4.78 is 34.4. The van der Waals surface area contributed by atoms with Crippen LogP contribution in [0.25, 0.3) is 0 Å². The van der Waals surface area contributed by atoms with E-state index in [0.717, 1.165) is 18.4 Å². The summed E-state index contributed by atoms with van der Waals surface area (Å²) in [4.78, 5) is 27.8. The van der Waals surface area contributed by atoms with E-state index in [0.29, 0.717) is 20.8 Å². The molecule has 24 atom stereocenters. The number of cyclic esters (lactones) is 1. The van der Waals surface area contributed by atoms with E-state index in [1.54, 1.807) is 0 Å². The van der Waals surface area contributed by atoms with E-state index < -0.39 is 98.6 Å². The Morgan fingerprint density at radius 3 is 1.88 bits per heavy atom. The highest BCUT2D eigenvalue weighted by atomic mass is 33.2. The van der Waals surface area contributed by atoms with E-state index in [2.05, 4.69) is 142 Å². The zero-order valence-corrected chi connectivity index (χ0v) is 52.8. The maximum atomic E-state index is 14.2. The summed E-state index contributed by atoms with van der Waals surface area (Å²) in [5, 5.41) is 0. The molecular weight excluding hydrogens is 1080 g/mol. The molecule has 2 bridgehead atoms. The van der Waals surface area contributed by atoms with Crippen LogP contribution in [0, 0.1) is 16.7 Å². The van der Waals surface area contributed by atoms with Crippen LogP contribution in [-0.2, 0) is 28.1 Å². The Kier molecular flexibility index (Phi) is 22.4. The Bertz CT molecular complexity index is 1300. The van der Waals surface area contributed by atoms with Gasteiger partial charge >= 0.3 is 12.1 Å². The maximum absolute atomic E-state index is 14.2. The van der Waals surface area contributed by atoms with Crippen LogP contribution in [0.15, 0.2) is 11.1 Å². The van der Waals surface area contributed by atoms with Gasteiger partial charge in [0.15, 0.2) is 11.7 Å². The van der Waals surface area contributed by atoms with Gasteiger partial charge in [0.05, 0.1) is 27.3 Å². The molecule has 0 amide bonds. The van der Waals surface area contributed by atoms with Crippen molar-refractivity contribution in [1.29, 1.82) is 0 Å². The second kappa shape index (κ2) is 22.0. The van der Waals surface area contributed by atoms with Gasteiger partial charge in [0, 0.05) is 38.2 Å². The Morgan fingerprint density at radius 1 is 0.804 bits per heavy atom. The van der Waals surface area contributed by atoms with E-state index in [-0.39, 0.29) is 31.3 Å². The second-order valence-electron chi connectivity index (χ2n) is 13.2. The summed E-state index contributed by atoms with van der Waals surface area (Å²) in [6.07, 6.45) is 0.170. The first kappa shape index (κ1) is 51.9. The maximum Gasteiger partial charge on any atom is 0.509 e. The van der Waals surface area contributed by atoms with Crippen molar-refractivity contribution in [3.8, 4) is 0 Å². The lowest BCUT2D eigenvalue weighted by Crippen LogP contribution is -2.65. The predicted octanol–water partition coefficient (Wildman–Crippen LogP) is 16.6. The Hall–Kier alpha value is 8.29. The molecule has 2 heterocycles. The number of hydrogen-bond donors (Lipinski definition) is 0. The molecule has 1 saturated carbocycles. The number of esters is 1. The van der Waals surface area contributed by atoms with Gasteiger partial charge in [-0.1, -0.05) is 51.0 Å². The highest BCUT2D eigenvalue weighted by Crippen LogP contribution is 3.18. The van der Waals surface area contributed by atoms with Gasteiger partial charge in [-0.2, -0.15) is 0 Å². The minimum atomic E-state index is -1.15. The molecule has 294 valence electrons. The van der Waals surface area contributed by atoms with Crippen LogP contribution in [0.3, 0.4) is 0 Å². The van der Waals surface area contributed by atoms with Crippen LogP contribution >= 0.6 is 186 Å². The molecule has 7 nitrogen and oxygen atoms in total. The first-order valence-electron chi connectivity index (χ1n) is 15.4. The lowest BCUT2D eigenvalue weighted by atomic mass is 9.51. The average molecular weight is 1130 g/mol. The van der Waals surface area contributed by atoms with Crippen LogP contribution in [-0.4, -0.2) is 42.1 Å². The van der Waals surface area contributed by atoms with E-state index in [1.165, 1.54) is 5.57 Å².